The van der Waals surface area contributed by atoms with Crippen molar-refractivity contribution in [3.8, 4) is 11.5 Å². The fourth-order valence-corrected chi connectivity index (χ4v) is 4.61. The number of ether oxygens (including phenoxy) is 3. The summed E-state index contributed by atoms with van der Waals surface area (Å²) in [5, 5.41) is 11.5. The summed E-state index contributed by atoms with van der Waals surface area (Å²) < 4.78 is 18.6. The van der Waals surface area contributed by atoms with Crippen LogP contribution in [-0.2, 0) is 20.9 Å². The third-order valence-electron chi connectivity index (χ3n) is 7.09. The second-order valence-corrected chi connectivity index (χ2v) is 10.2. The van der Waals surface area contributed by atoms with E-state index in [4.69, 9.17) is 14.2 Å². The Bertz CT molecular complexity index is 1270. The Kier molecular flexibility index (Phi) is 8.51. The molecule has 0 aliphatic carbocycles. The molecule has 0 unspecified atom stereocenters. The highest BCUT2D eigenvalue weighted by atomic mass is 16.5. The number of para-hydroxylation sites is 1. The molecule has 2 heterocycles. The van der Waals surface area contributed by atoms with Gasteiger partial charge in [0.05, 0.1) is 25.8 Å². The van der Waals surface area contributed by atoms with E-state index in [1.807, 2.05) is 45.0 Å². The lowest BCUT2D eigenvalue weighted by molar-refractivity contribution is -0.144. The minimum atomic E-state index is -0.989. The molecule has 0 radical (unpaired) electrons. The van der Waals surface area contributed by atoms with Crippen LogP contribution in [0, 0.1) is 0 Å². The highest BCUT2D eigenvalue weighted by molar-refractivity contribution is 5.90. The van der Waals surface area contributed by atoms with Crippen molar-refractivity contribution in [1.82, 2.24) is 25.2 Å². The van der Waals surface area contributed by atoms with Crippen molar-refractivity contribution in [3.63, 3.8) is 0 Å². The van der Waals surface area contributed by atoms with Crippen molar-refractivity contribution in [2.75, 3.05) is 27.4 Å². The molecule has 1 N–H and O–H groups in total. The zero-order chi connectivity index (χ0) is 27.3. The predicted octanol–water partition coefficient (Wildman–Crippen LogP) is 3.50. The Hall–Kier alpha value is -3.66. The minimum absolute atomic E-state index is 0.0829. The van der Waals surface area contributed by atoms with Gasteiger partial charge in [-0.05, 0) is 63.4 Å². The number of carbonyl (C=O) groups is 2. The van der Waals surface area contributed by atoms with Gasteiger partial charge in [-0.15, -0.1) is 5.10 Å². The van der Waals surface area contributed by atoms with Crippen molar-refractivity contribution in [2.24, 2.45) is 0 Å². The van der Waals surface area contributed by atoms with Crippen LogP contribution in [-0.4, -0.2) is 70.7 Å². The Morgan fingerprint density at radius 3 is 2.68 bits per heavy atom. The largest absolute Gasteiger partial charge is 0.497 e. The van der Waals surface area contributed by atoms with Gasteiger partial charge < -0.3 is 24.4 Å². The van der Waals surface area contributed by atoms with E-state index >= 15 is 0 Å². The van der Waals surface area contributed by atoms with Crippen molar-refractivity contribution in [3.05, 3.63) is 48.0 Å². The molecule has 10 nitrogen and oxygen atoms in total. The van der Waals surface area contributed by atoms with Crippen LogP contribution in [0.15, 0.2) is 42.5 Å². The molecule has 1 aromatic heterocycles. The summed E-state index contributed by atoms with van der Waals surface area (Å²) in [5.41, 5.74) is 1.48. The lowest BCUT2D eigenvalue weighted by atomic mass is 9.97. The van der Waals surface area contributed by atoms with E-state index in [1.165, 1.54) is 0 Å². The summed E-state index contributed by atoms with van der Waals surface area (Å²) in [7, 11) is 3.11. The molecule has 1 fully saturated rings. The number of hydrogen-bond acceptors (Lipinski definition) is 7. The summed E-state index contributed by atoms with van der Waals surface area (Å²) >= 11 is 0. The first kappa shape index (κ1) is 27.4. The van der Waals surface area contributed by atoms with Crippen molar-refractivity contribution in [2.45, 2.75) is 64.3 Å². The standard InChI is InChI=1S/C28H37N5O5/c1-6-28(2,3)29-27(35)26(21-16-19(36-4)13-14-24(21)37-5)32(17-20-10-9-15-38-20)25(34)18-33-23-12-8-7-11-22(23)30-31-33/h7-8,11-14,16,20,26H,6,9-10,15,17-18H2,1-5H3,(H,29,35)/t20-,26-/m0/s1. The Labute approximate surface area is 223 Å². The van der Waals surface area contributed by atoms with Gasteiger partial charge in [-0.1, -0.05) is 24.3 Å². The average molecular weight is 524 g/mol. The van der Waals surface area contributed by atoms with Crippen molar-refractivity contribution in [1.29, 1.82) is 0 Å². The first-order valence-corrected chi connectivity index (χ1v) is 13.0. The summed E-state index contributed by atoms with van der Waals surface area (Å²) in [5.74, 6) is 0.449. The van der Waals surface area contributed by atoms with Crippen LogP contribution in [0.3, 0.4) is 0 Å². The number of amides is 2. The average Bonchev–Trinajstić information content (AvgIpc) is 3.58. The first-order valence-electron chi connectivity index (χ1n) is 13.0. The van der Waals surface area contributed by atoms with Gasteiger partial charge in [0.25, 0.3) is 0 Å². The monoisotopic (exact) mass is 523 g/mol. The SMILES string of the molecule is CCC(C)(C)NC(=O)[C@H](c1cc(OC)ccc1OC)N(C[C@@H]1CCCO1)C(=O)Cn1nnc2ccccc21. The molecule has 2 aromatic carbocycles. The maximum atomic E-state index is 14.1. The summed E-state index contributed by atoms with van der Waals surface area (Å²) in [4.78, 5) is 29.7. The summed E-state index contributed by atoms with van der Waals surface area (Å²) in [6, 6.07) is 11.7. The minimum Gasteiger partial charge on any atom is -0.497 e. The van der Waals surface area contributed by atoms with Gasteiger partial charge in [0.1, 0.15) is 29.6 Å². The molecule has 0 saturated carbocycles. The summed E-state index contributed by atoms with van der Waals surface area (Å²) in [6.45, 7) is 6.71. The molecule has 10 heteroatoms. The van der Waals surface area contributed by atoms with E-state index in [1.54, 1.807) is 42.0 Å². The van der Waals surface area contributed by atoms with Gasteiger partial charge in [-0.2, -0.15) is 0 Å². The van der Waals surface area contributed by atoms with E-state index in [9.17, 15) is 9.59 Å². The molecule has 2 atom stereocenters. The van der Waals surface area contributed by atoms with Gasteiger partial charge in [0.2, 0.25) is 11.8 Å². The van der Waals surface area contributed by atoms with Crippen LogP contribution in [0.1, 0.15) is 51.6 Å². The number of aromatic nitrogens is 3. The molecule has 0 bridgehead atoms. The number of carbonyl (C=O) groups excluding carboxylic acids is 2. The Morgan fingerprint density at radius 2 is 2.00 bits per heavy atom. The summed E-state index contributed by atoms with van der Waals surface area (Å²) in [6.07, 6.45) is 2.24. The number of methoxy groups -OCH3 is 2. The molecule has 1 aliphatic rings. The Balaban J connectivity index is 1.79. The third kappa shape index (κ3) is 6.07. The van der Waals surface area contributed by atoms with Crippen molar-refractivity contribution < 1.29 is 23.8 Å². The van der Waals surface area contributed by atoms with Gasteiger partial charge >= 0.3 is 0 Å². The van der Waals surface area contributed by atoms with Gasteiger partial charge in [0.15, 0.2) is 0 Å². The lowest BCUT2D eigenvalue weighted by Gasteiger charge is -2.36. The smallest absolute Gasteiger partial charge is 0.248 e. The molecular formula is C28H37N5O5. The Morgan fingerprint density at radius 1 is 1.21 bits per heavy atom. The van der Waals surface area contributed by atoms with E-state index in [2.05, 4.69) is 15.6 Å². The van der Waals surface area contributed by atoms with E-state index in [0.29, 0.717) is 35.6 Å². The van der Waals surface area contributed by atoms with Crippen LogP contribution in [0.2, 0.25) is 0 Å². The molecule has 1 saturated heterocycles. The number of nitrogens with one attached hydrogen (secondary N) is 1. The number of rotatable bonds is 11. The third-order valence-corrected chi connectivity index (χ3v) is 7.09. The number of nitrogens with zero attached hydrogens (tertiary/aromatic N) is 4. The highest BCUT2D eigenvalue weighted by Gasteiger charge is 2.38. The second-order valence-electron chi connectivity index (χ2n) is 10.2. The predicted molar refractivity (Wildman–Crippen MR) is 143 cm³/mol. The molecule has 204 valence electrons. The van der Waals surface area contributed by atoms with E-state index in [-0.39, 0.29) is 31.0 Å². The zero-order valence-corrected chi connectivity index (χ0v) is 22.8. The molecule has 2 amide bonds. The molecule has 38 heavy (non-hydrogen) atoms. The molecule has 3 aromatic rings. The maximum Gasteiger partial charge on any atom is 0.248 e. The van der Waals surface area contributed by atoms with Crippen molar-refractivity contribution >= 4 is 22.8 Å². The van der Waals surface area contributed by atoms with Crippen LogP contribution >= 0.6 is 0 Å². The number of fused-ring (bicyclic) bond motifs is 1. The van der Waals surface area contributed by atoms with Gasteiger partial charge in [0, 0.05) is 24.3 Å². The van der Waals surface area contributed by atoms with Gasteiger partial charge in [-0.3, -0.25) is 9.59 Å². The second kappa shape index (κ2) is 11.8. The van der Waals surface area contributed by atoms with E-state index < -0.39 is 11.6 Å². The quantitative estimate of drug-likeness (QED) is 0.410. The van der Waals surface area contributed by atoms with Crippen LogP contribution < -0.4 is 14.8 Å². The highest BCUT2D eigenvalue weighted by Crippen LogP contribution is 2.35. The van der Waals surface area contributed by atoms with Crippen LogP contribution in [0.4, 0.5) is 0 Å². The molecule has 4 rings (SSSR count). The molecule has 0 spiro atoms. The van der Waals surface area contributed by atoms with E-state index in [0.717, 1.165) is 18.4 Å². The fourth-order valence-electron chi connectivity index (χ4n) is 4.61. The normalized spacial score (nSPS) is 16.3. The number of hydrogen-bond donors (Lipinski definition) is 1. The topological polar surface area (TPSA) is 108 Å². The first-order chi connectivity index (χ1) is 18.3. The fraction of sp³-hybridized carbons (Fsp3) is 0.500. The van der Waals surface area contributed by atoms with Gasteiger partial charge in [-0.25, -0.2) is 4.68 Å². The lowest BCUT2D eigenvalue weighted by Crippen LogP contribution is -2.52. The maximum absolute atomic E-state index is 14.1. The van der Waals surface area contributed by atoms with Crippen LogP contribution in [0.5, 0.6) is 11.5 Å². The molecule has 1 aliphatic heterocycles. The number of benzene rings is 2. The molecular weight excluding hydrogens is 486 g/mol. The van der Waals surface area contributed by atoms with Crippen LogP contribution in [0.25, 0.3) is 11.0 Å². The zero-order valence-electron chi connectivity index (χ0n) is 22.8.